The lowest BCUT2D eigenvalue weighted by Crippen LogP contribution is -2.34. The van der Waals surface area contributed by atoms with Gasteiger partial charge in [-0.1, -0.05) is 19.1 Å². The van der Waals surface area contributed by atoms with Crippen molar-refractivity contribution in [1.82, 2.24) is 4.90 Å². The largest absolute Gasteiger partial charge is 0.492 e. The number of carbonyl (C=O) groups is 1. The van der Waals surface area contributed by atoms with Crippen LogP contribution in [0.2, 0.25) is 0 Å². The van der Waals surface area contributed by atoms with Crippen LogP contribution in [0.15, 0.2) is 24.3 Å². The average molecular weight is 265 g/mol. The molecule has 0 radical (unpaired) electrons. The van der Waals surface area contributed by atoms with Crippen LogP contribution in [-0.2, 0) is 11.2 Å². The molecule has 1 aromatic carbocycles. The second-order valence-electron chi connectivity index (χ2n) is 4.79. The Hall–Kier alpha value is -1.55. The monoisotopic (exact) mass is 265 g/mol. The molecule has 1 rings (SSSR count). The van der Waals surface area contributed by atoms with Gasteiger partial charge in [-0.25, -0.2) is 0 Å². The summed E-state index contributed by atoms with van der Waals surface area (Å²) in [5.41, 5.74) is 0.789. The highest BCUT2D eigenvalue weighted by atomic mass is 16.5. The van der Waals surface area contributed by atoms with Gasteiger partial charge in [0.2, 0.25) is 0 Å². The molecule has 0 saturated carbocycles. The summed E-state index contributed by atoms with van der Waals surface area (Å²) in [5.74, 6) is -0.0295. The Morgan fingerprint density at radius 3 is 2.42 bits per heavy atom. The van der Waals surface area contributed by atoms with Gasteiger partial charge in [0.15, 0.2) is 0 Å². The number of carboxylic acids is 1. The third-order valence-electron chi connectivity index (χ3n) is 3.06. The van der Waals surface area contributed by atoms with E-state index in [-0.39, 0.29) is 6.42 Å². The lowest BCUT2D eigenvalue weighted by atomic mass is 10.1. The van der Waals surface area contributed by atoms with Gasteiger partial charge in [0.1, 0.15) is 12.4 Å². The maximum Gasteiger partial charge on any atom is 0.307 e. The fraction of sp³-hybridized carbons (Fsp3) is 0.533. The maximum absolute atomic E-state index is 10.6. The van der Waals surface area contributed by atoms with Crippen LogP contribution in [0.3, 0.4) is 0 Å². The number of hydrogen-bond donors (Lipinski definition) is 1. The van der Waals surface area contributed by atoms with Crippen molar-refractivity contribution in [2.45, 2.75) is 33.2 Å². The molecule has 0 heterocycles. The van der Waals surface area contributed by atoms with E-state index < -0.39 is 5.97 Å². The first-order chi connectivity index (χ1) is 9.02. The molecule has 0 aromatic heterocycles. The molecule has 19 heavy (non-hydrogen) atoms. The Kier molecular flexibility index (Phi) is 6.36. The third kappa shape index (κ3) is 5.75. The summed E-state index contributed by atoms with van der Waals surface area (Å²) in [6.07, 6.45) is 0.0528. The molecule has 106 valence electrons. The molecule has 4 nitrogen and oxygen atoms in total. The first-order valence-electron chi connectivity index (χ1n) is 6.70. The van der Waals surface area contributed by atoms with E-state index in [1.165, 1.54) is 0 Å². The summed E-state index contributed by atoms with van der Waals surface area (Å²) in [6.45, 7) is 9.03. The van der Waals surface area contributed by atoms with Crippen molar-refractivity contribution in [2.75, 3.05) is 19.7 Å². The highest BCUT2D eigenvalue weighted by Crippen LogP contribution is 2.12. The topological polar surface area (TPSA) is 49.8 Å². The molecule has 4 heteroatoms. The van der Waals surface area contributed by atoms with Crippen molar-refractivity contribution in [3.8, 4) is 5.75 Å². The SMILES string of the molecule is CCN(CCOc1ccc(CC(=O)O)cc1)C(C)C. The minimum atomic E-state index is -0.816. The predicted octanol–water partition coefficient (Wildman–Crippen LogP) is 2.42. The predicted molar refractivity (Wildman–Crippen MR) is 75.7 cm³/mol. The molecule has 0 spiro atoms. The lowest BCUT2D eigenvalue weighted by molar-refractivity contribution is -0.136. The molecule has 0 aliphatic rings. The molecule has 0 saturated heterocycles. The number of carboxylic acid groups (broad SMARTS) is 1. The Morgan fingerprint density at radius 2 is 1.95 bits per heavy atom. The molecule has 0 unspecified atom stereocenters. The summed E-state index contributed by atoms with van der Waals surface area (Å²) in [5, 5.41) is 8.68. The van der Waals surface area contributed by atoms with Gasteiger partial charge in [0.05, 0.1) is 6.42 Å². The Bertz CT molecular complexity index is 387. The van der Waals surface area contributed by atoms with Crippen LogP contribution in [-0.4, -0.2) is 41.7 Å². The molecular weight excluding hydrogens is 242 g/mol. The average Bonchev–Trinajstić information content (AvgIpc) is 2.35. The van der Waals surface area contributed by atoms with Crippen molar-refractivity contribution in [3.63, 3.8) is 0 Å². The minimum absolute atomic E-state index is 0.0528. The number of nitrogens with zero attached hydrogens (tertiary/aromatic N) is 1. The molecular formula is C15H23NO3. The molecule has 0 amide bonds. The fourth-order valence-corrected chi connectivity index (χ4v) is 1.94. The van der Waals surface area contributed by atoms with Crippen LogP contribution < -0.4 is 4.74 Å². The van der Waals surface area contributed by atoms with E-state index in [0.29, 0.717) is 12.6 Å². The van der Waals surface area contributed by atoms with Crippen LogP contribution in [0.25, 0.3) is 0 Å². The minimum Gasteiger partial charge on any atom is -0.492 e. The van der Waals surface area contributed by atoms with Gasteiger partial charge in [0, 0.05) is 12.6 Å². The third-order valence-corrected chi connectivity index (χ3v) is 3.06. The van der Waals surface area contributed by atoms with Gasteiger partial charge in [-0.05, 0) is 38.1 Å². The second kappa shape index (κ2) is 7.79. The summed E-state index contributed by atoms with van der Waals surface area (Å²) >= 11 is 0. The zero-order chi connectivity index (χ0) is 14.3. The second-order valence-corrected chi connectivity index (χ2v) is 4.79. The first-order valence-corrected chi connectivity index (χ1v) is 6.70. The fourth-order valence-electron chi connectivity index (χ4n) is 1.94. The zero-order valence-corrected chi connectivity index (χ0v) is 11.9. The van der Waals surface area contributed by atoms with Gasteiger partial charge >= 0.3 is 5.97 Å². The Morgan fingerprint density at radius 1 is 1.32 bits per heavy atom. The van der Waals surface area contributed by atoms with E-state index in [0.717, 1.165) is 24.4 Å². The van der Waals surface area contributed by atoms with Crippen LogP contribution in [0.1, 0.15) is 26.3 Å². The highest BCUT2D eigenvalue weighted by Gasteiger charge is 2.06. The van der Waals surface area contributed by atoms with Gasteiger partial charge < -0.3 is 9.84 Å². The van der Waals surface area contributed by atoms with Gasteiger partial charge in [-0.15, -0.1) is 0 Å². The van der Waals surface area contributed by atoms with E-state index in [2.05, 4.69) is 25.7 Å². The van der Waals surface area contributed by atoms with Crippen molar-refractivity contribution < 1.29 is 14.6 Å². The highest BCUT2D eigenvalue weighted by molar-refractivity contribution is 5.70. The van der Waals surface area contributed by atoms with Crippen LogP contribution in [0.4, 0.5) is 0 Å². The van der Waals surface area contributed by atoms with Gasteiger partial charge in [-0.2, -0.15) is 0 Å². The quantitative estimate of drug-likeness (QED) is 0.784. The molecule has 0 aliphatic heterocycles. The van der Waals surface area contributed by atoms with Gasteiger partial charge in [0.25, 0.3) is 0 Å². The lowest BCUT2D eigenvalue weighted by Gasteiger charge is -2.24. The Labute approximate surface area is 115 Å². The normalized spacial score (nSPS) is 11.0. The Balaban J connectivity index is 2.39. The number of aliphatic carboxylic acids is 1. The summed E-state index contributed by atoms with van der Waals surface area (Å²) in [7, 11) is 0. The van der Waals surface area contributed by atoms with Crippen LogP contribution in [0, 0.1) is 0 Å². The molecule has 0 aliphatic carbocycles. The molecule has 0 fully saturated rings. The van der Waals surface area contributed by atoms with E-state index >= 15 is 0 Å². The van der Waals surface area contributed by atoms with Crippen molar-refractivity contribution in [1.29, 1.82) is 0 Å². The van der Waals surface area contributed by atoms with Crippen LogP contribution in [0.5, 0.6) is 5.75 Å². The van der Waals surface area contributed by atoms with E-state index in [9.17, 15) is 4.79 Å². The molecule has 0 atom stereocenters. The molecule has 1 N–H and O–H groups in total. The van der Waals surface area contributed by atoms with Crippen LogP contribution >= 0.6 is 0 Å². The molecule has 0 bridgehead atoms. The first kappa shape index (κ1) is 15.5. The van der Waals surface area contributed by atoms with E-state index in [1.54, 1.807) is 12.1 Å². The maximum atomic E-state index is 10.6. The van der Waals surface area contributed by atoms with Gasteiger partial charge in [-0.3, -0.25) is 9.69 Å². The molecule has 1 aromatic rings. The number of benzene rings is 1. The number of hydrogen-bond acceptors (Lipinski definition) is 3. The number of ether oxygens (including phenoxy) is 1. The van der Waals surface area contributed by atoms with Crippen molar-refractivity contribution >= 4 is 5.97 Å². The number of rotatable bonds is 8. The van der Waals surface area contributed by atoms with Crippen molar-refractivity contribution in [3.05, 3.63) is 29.8 Å². The number of likely N-dealkylation sites (N-methyl/N-ethyl adjacent to an activating group) is 1. The zero-order valence-electron chi connectivity index (χ0n) is 11.9. The summed E-state index contributed by atoms with van der Waals surface area (Å²) in [4.78, 5) is 12.9. The van der Waals surface area contributed by atoms with Crippen molar-refractivity contribution in [2.24, 2.45) is 0 Å². The van der Waals surface area contributed by atoms with E-state index in [4.69, 9.17) is 9.84 Å². The standard InChI is InChI=1S/C15H23NO3/c1-4-16(12(2)3)9-10-19-14-7-5-13(6-8-14)11-15(17)18/h5-8,12H,4,9-11H2,1-3H3,(H,17,18). The summed E-state index contributed by atoms with van der Waals surface area (Å²) < 4.78 is 5.66. The smallest absolute Gasteiger partial charge is 0.307 e. The van der Waals surface area contributed by atoms with E-state index in [1.807, 2.05) is 12.1 Å². The summed E-state index contributed by atoms with van der Waals surface area (Å²) in [6, 6.07) is 7.76.